The lowest BCUT2D eigenvalue weighted by molar-refractivity contribution is -0.120. The van der Waals surface area contributed by atoms with Crippen molar-refractivity contribution in [3.63, 3.8) is 0 Å². The summed E-state index contributed by atoms with van der Waals surface area (Å²) in [6.45, 7) is 5.38. The summed E-state index contributed by atoms with van der Waals surface area (Å²) in [4.78, 5) is 11.0. The van der Waals surface area contributed by atoms with Crippen molar-refractivity contribution in [1.82, 2.24) is 10.6 Å². The Hall–Kier alpha value is -1.29. The molecule has 1 amide bonds. The number of furan rings is 1. The molecule has 0 fully saturated rings. The summed E-state index contributed by atoms with van der Waals surface area (Å²) >= 11 is 0. The first kappa shape index (κ1) is 10.8. The molecular formula is C10H16N2O2. The first-order chi connectivity index (χ1) is 6.72. The van der Waals surface area contributed by atoms with E-state index in [0.717, 1.165) is 11.5 Å². The number of hydrogen-bond donors (Lipinski definition) is 2. The standard InChI is InChI=1S/C10H16N2O2/c1-3-12-10(13)7-11-6-9-5-4-8(2)14-9/h4-5,11H,3,6-7H2,1-2H3,(H,12,13). The van der Waals surface area contributed by atoms with Crippen LogP contribution in [0.3, 0.4) is 0 Å². The molecule has 1 aromatic rings. The number of nitrogens with one attached hydrogen (secondary N) is 2. The molecule has 0 aromatic carbocycles. The maximum absolute atomic E-state index is 11.0. The van der Waals surface area contributed by atoms with E-state index < -0.39 is 0 Å². The van der Waals surface area contributed by atoms with Crippen molar-refractivity contribution in [2.75, 3.05) is 13.1 Å². The molecule has 1 aromatic heterocycles. The second-order valence-corrected chi connectivity index (χ2v) is 3.07. The Balaban J connectivity index is 2.18. The minimum Gasteiger partial charge on any atom is -0.465 e. The Bertz CT molecular complexity index is 294. The number of aryl methyl sites for hydroxylation is 1. The van der Waals surface area contributed by atoms with Crippen molar-refractivity contribution >= 4 is 5.91 Å². The molecule has 78 valence electrons. The molecule has 2 N–H and O–H groups in total. The van der Waals surface area contributed by atoms with Crippen LogP contribution in [0.15, 0.2) is 16.5 Å². The molecule has 0 atom stereocenters. The van der Waals surface area contributed by atoms with Gasteiger partial charge in [0, 0.05) is 6.54 Å². The Labute approximate surface area is 83.7 Å². The Morgan fingerprint density at radius 2 is 2.29 bits per heavy atom. The number of carbonyl (C=O) groups is 1. The van der Waals surface area contributed by atoms with Crippen LogP contribution in [-0.2, 0) is 11.3 Å². The Morgan fingerprint density at radius 3 is 2.86 bits per heavy atom. The predicted octanol–water partition coefficient (Wildman–Crippen LogP) is 0.814. The van der Waals surface area contributed by atoms with Crippen LogP contribution in [0.2, 0.25) is 0 Å². The normalized spacial score (nSPS) is 10.1. The Morgan fingerprint density at radius 1 is 1.50 bits per heavy atom. The molecule has 1 rings (SSSR count). The maximum atomic E-state index is 11.0. The molecule has 0 saturated carbocycles. The van der Waals surface area contributed by atoms with Gasteiger partial charge in [-0.1, -0.05) is 0 Å². The largest absolute Gasteiger partial charge is 0.465 e. The number of carbonyl (C=O) groups excluding carboxylic acids is 1. The number of rotatable bonds is 5. The van der Waals surface area contributed by atoms with E-state index in [-0.39, 0.29) is 5.91 Å². The minimum atomic E-state index is 0.00998. The van der Waals surface area contributed by atoms with Gasteiger partial charge in [-0.2, -0.15) is 0 Å². The zero-order chi connectivity index (χ0) is 10.4. The van der Waals surface area contributed by atoms with Crippen LogP contribution >= 0.6 is 0 Å². The highest BCUT2D eigenvalue weighted by atomic mass is 16.3. The van der Waals surface area contributed by atoms with Crippen molar-refractivity contribution in [2.24, 2.45) is 0 Å². The van der Waals surface area contributed by atoms with Gasteiger partial charge in [0.2, 0.25) is 5.91 Å². The summed E-state index contributed by atoms with van der Waals surface area (Å²) in [7, 11) is 0. The minimum absolute atomic E-state index is 0.00998. The fourth-order valence-electron chi connectivity index (χ4n) is 1.14. The van der Waals surface area contributed by atoms with Gasteiger partial charge in [0.15, 0.2) is 0 Å². The van der Waals surface area contributed by atoms with Gasteiger partial charge in [-0.05, 0) is 26.0 Å². The van der Waals surface area contributed by atoms with E-state index in [9.17, 15) is 4.79 Å². The molecule has 0 radical (unpaired) electrons. The van der Waals surface area contributed by atoms with Gasteiger partial charge >= 0.3 is 0 Å². The van der Waals surface area contributed by atoms with E-state index in [2.05, 4.69) is 10.6 Å². The lowest BCUT2D eigenvalue weighted by Crippen LogP contribution is -2.33. The molecule has 0 bridgehead atoms. The third kappa shape index (κ3) is 3.62. The molecule has 0 unspecified atom stereocenters. The first-order valence-corrected chi connectivity index (χ1v) is 4.75. The van der Waals surface area contributed by atoms with Crippen LogP contribution in [-0.4, -0.2) is 19.0 Å². The quantitative estimate of drug-likeness (QED) is 0.733. The average molecular weight is 196 g/mol. The zero-order valence-corrected chi connectivity index (χ0v) is 8.59. The monoisotopic (exact) mass is 196 g/mol. The highest BCUT2D eigenvalue weighted by molar-refractivity contribution is 5.77. The smallest absolute Gasteiger partial charge is 0.233 e. The summed E-state index contributed by atoms with van der Waals surface area (Å²) in [5, 5.41) is 5.70. The third-order valence-electron chi connectivity index (χ3n) is 1.75. The second kappa shape index (κ2) is 5.44. The van der Waals surface area contributed by atoms with Crippen LogP contribution < -0.4 is 10.6 Å². The molecule has 4 nitrogen and oxygen atoms in total. The van der Waals surface area contributed by atoms with E-state index in [1.807, 2.05) is 26.0 Å². The molecule has 4 heteroatoms. The third-order valence-corrected chi connectivity index (χ3v) is 1.75. The molecule has 1 heterocycles. The van der Waals surface area contributed by atoms with Gasteiger partial charge in [0.1, 0.15) is 11.5 Å². The molecule has 0 spiro atoms. The molecule has 0 aliphatic carbocycles. The summed E-state index contributed by atoms with van der Waals surface area (Å²) in [6.07, 6.45) is 0. The van der Waals surface area contributed by atoms with Crippen molar-refractivity contribution in [1.29, 1.82) is 0 Å². The van der Waals surface area contributed by atoms with Crippen LogP contribution in [0.5, 0.6) is 0 Å². The number of amides is 1. The van der Waals surface area contributed by atoms with E-state index in [1.165, 1.54) is 0 Å². The summed E-state index contributed by atoms with van der Waals surface area (Å²) in [6, 6.07) is 3.81. The van der Waals surface area contributed by atoms with E-state index >= 15 is 0 Å². The molecule has 0 aliphatic heterocycles. The fraction of sp³-hybridized carbons (Fsp3) is 0.500. The molecule has 14 heavy (non-hydrogen) atoms. The Kier molecular flexibility index (Phi) is 4.19. The van der Waals surface area contributed by atoms with Gasteiger partial charge in [-0.15, -0.1) is 0 Å². The van der Waals surface area contributed by atoms with Crippen molar-refractivity contribution < 1.29 is 9.21 Å². The highest BCUT2D eigenvalue weighted by Gasteiger charge is 2.00. The average Bonchev–Trinajstić information content (AvgIpc) is 2.52. The van der Waals surface area contributed by atoms with E-state index in [4.69, 9.17) is 4.42 Å². The molecule has 0 aliphatic rings. The van der Waals surface area contributed by atoms with Crippen LogP contribution in [0.1, 0.15) is 18.4 Å². The summed E-state index contributed by atoms with van der Waals surface area (Å²) in [5.41, 5.74) is 0. The SMILES string of the molecule is CCNC(=O)CNCc1ccc(C)o1. The van der Waals surface area contributed by atoms with Crippen molar-refractivity contribution in [3.8, 4) is 0 Å². The van der Waals surface area contributed by atoms with Gasteiger partial charge in [0.25, 0.3) is 0 Å². The van der Waals surface area contributed by atoms with Gasteiger partial charge in [-0.25, -0.2) is 0 Å². The van der Waals surface area contributed by atoms with Gasteiger partial charge < -0.3 is 15.1 Å². The summed E-state index contributed by atoms with van der Waals surface area (Å²) in [5.74, 6) is 1.75. The van der Waals surface area contributed by atoms with Crippen LogP contribution in [0.4, 0.5) is 0 Å². The van der Waals surface area contributed by atoms with Gasteiger partial charge in [-0.3, -0.25) is 4.79 Å². The lowest BCUT2D eigenvalue weighted by Gasteiger charge is -2.02. The predicted molar refractivity (Wildman–Crippen MR) is 53.8 cm³/mol. The number of hydrogen-bond acceptors (Lipinski definition) is 3. The van der Waals surface area contributed by atoms with Crippen LogP contribution in [0.25, 0.3) is 0 Å². The molecular weight excluding hydrogens is 180 g/mol. The van der Waals surface area contributed by atoms with Crippen molar-refractivity contribution in [2.45, 2.75) is 20.4 Å². The fourth-order valence-corrected chi connectivity index (χ4v) is 1.14. The highest BCUT2D eigenvalue weighted by Crippen LogP contribution is 2.04. The van der Waals surface area contributed by atoms with E-state index in [0.29, 0.717) is 19.6 Å². The first-order valence-electron chi connectivity index (χ1n) is 4.75. The van der Waals surface area contributed by atoms with Crippen LogP contribution in [0, 0.1) is 6.92 Å². The zero-order valence-electron chi connectivity index (χ0n) is 8.59. The second-order valence-electron chi connectivity index (χ2n) is 3.07. The summed E-state index contributed by atoms with van der Waals surface area (Å²) < 4.78 is 5.33. The van der Waals surface area contributed by atoms with Crippen molar-refractivity contribution in [3.05, 3.63) is 23.7 Å². The lowest BCUT2D eigenvalue weighted by atomic mass is 10.4. The van der Waals surface area contributed by atoms with Gasteiger partial charge in [0.05, 0.1) is 13.1 Å². The maximum Gasteiger partial charge on any atom is 0.233 e. The topological polar surface area (TPSA) is 54.3 Å². The number of likely N-dealkylation sites (N-methyl/N-ethyl adjacent to an activating group) is 1. The molecule has 0 saturated heterocycles. The van der Waals surface area contributed by atoms with E-state index in [1.54, 1.807) is 0 Å².